The molecule has 16 heavy (non-hydrogen) atoms. The molecule has 0 radical (unpaired) electrons. The Kier molecular flexibility index (Phi) is 2.40. The monoisotopic (exact) mass is 219 g/mol. The van der Waals surface area contributed by atoms with Crippen LogP contribution in [0.2, 0.25) is 0 Å². The van der Waals surface area contributed by atoms with Crippen LogP contribution in [-0.4, -0.2) is 47.1 Å². The number of piperazine rings is 1. The number of nitrogens with zero attached hydrogens (tertiary/aromatic N) is 4. The smallest absolute Gasteiger partial charge is 0.227 e. The predicted molar refractivity (Wildman–Crippen MR) is 63.3 cm³/mol. The number of rotatable bonds is 1. The first-order valence-corrected chi connectivity index (χ1v) is 5.90. The predicted octanol–water partition coefficient (Wildman–Crippen LogP) is 0.343. The van der Waals surface area contributed by atoms with Crippen molar-refractivity contribution in [3.63, 3.8) is 0 Å². The Balaban J connectivity index is 1.76. The molecule has 0 saturated carbocycles. The lowest BCUT2D eigenvalue weighted by Gasteiger charge is -2.37. The quantitative estimate of drug-likeness (QED) is 0.738. The van der Waals surface area contributed by atoms with Gasteiger partial charge in [-0.05, 0) is 25.5 Å². The first-order chi connectivity index (χ1) is 7.83. The second-order valence-corrected chi connectivity index (χ2v) is 4.56. The summed E-state index contributed by atoms with van der Waals surface area (Å²) in [6.45, 7) is 4.45. The zero-order chi connectivity index (χ0) is 11.0. The zero-order valence-electron chi connectivity index (χ0n) is 9.34. The minimum Gasteiger partial charge on any atom is -0.384 e. The summed E-state index contributed by atoms with van der Waals surface area (Å²) < 4.78 is 0. The van der Waals surface area contributed by atoms with Crippen molar-refractivity contribution in [1.29, 1.82) is 0 Å². The average molecular weight is 219 g/mol. The fraction of sp³-hybridized carbons (Fsp3) is 0.636. The molecule has 0 aromatic carbocycles. The summed E-state index contributed by atoms with van der Waals surface area (Å²) in [6, 6.07) is 2.42. The van der Waals surface area contributed by atoms with Crippen molar-refractivity contribution >= 4 is 11.8 Å². The van der Waals surface area contributed by atoms with Crippen LogP contribution in [0.25, 0.3) is 0 Å². The van der Waals surface area contributed by atoms with Crippen LogP contribution in [0.5, 0.6) is 0 Å². The highest BCUT2D eigenvalue weighted by atomic mass is 15.3. The molecule has 0 spiro atoms. The molecule has 2 N–H and O–H groups in total. The van der Waals surface area contributed by atoms with Crippen LogP contribution in [0.3, 0.4) is 0 Å². The molecule has 1 aromatic heterocycles. The molecule has 0 amide bonds. The SMILES string of the molecule is Nc1ccnc(N2CCN3CCCC3C2)n1. The Morgan fingerprint density at radius 1 is 1.31 bits per heavy atom. The molecule has 1 atom stereocenters. The molecule has 2 fully saturated rings. The Morgan fingerprint density at radius 2 is 2.25 bits per heavy atom. The summed E-state index contributed by atoms with van der Waals surface area (Å²) in [7, 11) is 0. The molecular formula is C11H17N5. The zero-order valence-corrected chi connectivity index (χ0v) is 9.34. The average Bonchev–Trinajstić information content (AvgIpc) is 2.75. The Hall–Kier alpha value is -1.36. The summed E-state index contributed by atoms with van der Waals surface area (Å²) in [6.07, 6.45) is 4.37. The maximum atomic E-state index is 5.68. The van der Waals surface area contributed by atoms with Crippen molar-refractivity contribution in [2.24, 2.45) is 0 Å². The molecule has 2 aliphatic rings. The van der Waals surface area contributed by atoms with Crippen molar-refractivity contribution < 1.29 is 0 Å². The molecule has 5 heteroatoms. The van der Waals surface area contributed by atoms with Gasteiger partial charge >= 0.3 is 0 Å². The minimum atomic E-state index is 0.554. The maximum Gasteiger partial charge on any atom is 0.227 e. The van der Waals surface area contributed by atoms with E-state index < -0.39 is 0 Å². The van der Waals surface area contributed by atoms with E-state index in [2.05, 4.69) is 19.8 Å². The standard InChI is InChI=1S/C11H17N5/c12-10-3-4-13-11(14-10)16-7-6-15-5-1-2-9(15)8-16/h3-4,9H,1-2,5-8H2,(H2,12,13,14). The molecule has 3 heterocycles. The number of anilines is 2. The lowest BCUT2D eigenvalue weighted by atomic mass is 10.2. The topological polar surface area (TPSA) is 58.3 Å². The first-order valence-electron chi connectivity index (χ1n) is 5.90. The van der Waals surface area contributed by atoms with E-state index in [-0.39, 0.29) is 0 Å². The lowest BCUT2D eigenvalue weighted by Crippen LogP contribution is -2.50. The summed E-state index contributed by atoms with van der Waals surface area (Å²) >= 11 is 0. The van der Waals surface area contributed by atoms with Crippen LogP contribution >= 0.6 is 0 Å². The van der Waals surface area contributed by atoms with Crippen LogP contribution in [-0.2, 0) is 0 Å². The Labute approximate surface area is 95.3 Å². The van der Waals surface area contributed by atoms with E-state index >= 15 is 0 Å². The van der Waals surface area contributed by atoms with E-state index in [4.69, 9.17) is 5.73 Å². The number of hydrogen-bond donors (Lipinski definition) is 1. The third-order valence-corrected chi connectivity index (χ3v) is 3.53. The largest absolute Gasteiger partial charge is 0.384 e. The molecule has 0 aliphatic carbocycles. The summed E-state index contributed by atoms with van der Waals surface area (Å²) in [5.74, 6) is 1.34. The van der Waals surface area contributed by atoms with Crippen LogP contribution in [0, 0.1) is 0 Å². The van der Waals surface area contributed by atoms with Gasteiger partial charge in [-0.2, -0.15) is 4.98 Å². The third-order valence-electron chi connectivity index (χ3n) is 3.53. The third kappa shape index (κ3) is 1.71. The molecule has 2 saturated heterocycles. The van der Waals surface area contributed by atoms with Gasteiger partial charge in [0.2, 0.25) is 5.95 Å². The highest BCUT2D eigenvalue weighted by Crippen LogP contribution is 2.23. The van der Waals surface area contributed by atoms with Crippen molar-refractivity contribution in [2.45, 2.75) is 18.9 Å². The molecule has 3 rings (SSSR count). The van der Waals surface area contributed by atoms with Crippen molar-refractivity contribution in [3.05, 3.63) is 12.3 Å². The number of hydrogen-bond acceptors (Lipinski definition) is 5. The number of fused-ring (bicyclic) bond motifs is 1. The number of nitrogen functional groups attached to an aromatic ring is 1. The van der Waals surface area contributed by atoms with Crippen LogP contribution in [0.1, 0.15) is 12.8 Å². The number of nitrogens with two attached hydrogens (primary N) is 1. The Bertz CT molecular complexity index is 380. The molecule has 86 valence electrons. The van der Waals surface area contributed by atoms with E-state index in [9.17, 15) is 0 Å². The van der Waals surface area contributed by atoms with Crippen LogP contribution in [0.4, 0.5) is 11.8 Å². The molecule has 1 unspecified atom stereocenters. The van der Waals surface area contributed by atoms with Crippen molar-refractivity contribution in [3.8, 4) is 0 Å². The van der Waals surface area contributed by atoms with Gasteiger partial charge in [0.05, 0.1) is 0 Å². The van der Waals surface area contributed by atoms with Gasteiger partial charge in [-0.1, -0.05) is 0 Å². The second kappa shape index (κ2) is 3.90. The maximum absolute atomic E-state index is 5.68. The first kappa shape index (κ1) is 9.84. The molecule has 0 bridgehead atoms. The van der Waals surface area contributed by atoms with Gasteiger partial charge in [-0.3, -0.25) is 4.90 Å². The number of aromatic nitrogens is 2. The molecule has 2 aliphatic heterocycles. The van der Waals surface area contributed by atoms with Gasteiger partial charge in [0.15, 0.2) is 0 Å². The van der Waals surface area contributed by atoms with Crippen molar-refractivity contribution in [1.82, 2.24) is 14.9 Å². The van der Waals surface area contributed by atoms with Gasteiger partial charge in [0.25, 0.3) is 0 Å². The van der Waals surface area contributed by atoms with Gasteiger partial charge in [-0.15, -0.1) is 0 Å². The summed E-state index contributed by atoms with van der Waals surface area (Å²) in [5.41, 5.74) is 5.68. The summed E-state index contributed by atoms with van der Waals surface area (Å²) in [4.78, 5) is 13.4. The fourth-order valence-electron chi connectivity index (χ4n) is 2.69. The Morgan fingerprint density at radius 3 is 3.12 bits per heavy atom. The molecule has 1 aromatic rings. The van der Waals surface area contributed by atoms with E-state index in [1.807, 2.05) is 0 Å². The van der Waals surface area contributed by atoms with Gasteiger partial charge in [0, 0.05) is 31.9 Å². The molecule has 5 nitrogen and oxygen atoms in total. The summed E-state index contributed by atoms with van der Waals surface area (Å²) in [5, 5.41) is 0. The second-order valence-electron chi connectivity index (χ2n) is 4.56. The van der Waals surface area contributed by atoms with Crippen molar-refractivity contribution in [2.75, 3.05) is 36.8 Å². The van der Waals surface area contributed by atoms with E-state index in [1.165, 1.54) is 19.4 Å². The van der Waals surface area contributed by atoms with E-state index in [0.717, 1.165) is 25.6 Å². The van der Waals surface area contributed by atoms with E-state index in [1.54, 1.807) is 12.3 Å². The van der Waals surface area contributed by atoms with Crippen LogP contribution < -0.4 is 10.6 Å². The van der Waals surface area contributed by atoms with Crippen LogP contribution in [0.15, 0.2) is 12.3 Å². The van der Waals surface area contributed by atoms with Gasteiger partial charge < -0.3 is 10.6 Å². The highest BCUT2D eigenvalue weighted by molar-refractivity contribution is 5.38. The molecular weight excluding hydrogens is 202 g/mol. The highest BCUT2D eigenvalue weighted by Gasteiger charge is 2.31. The fourth-order valence-corrected chi connectivity index (χ4v) is 2.69. The van der Waals surface area contributed by atoms with Gasteiger partial charge in [0.1, 0.15) is 5.82 Å². The van der Waals surface area contributed by atoms with E-state index in [0.29, 0.717) is 11.9 Å². The lowest BCUT2D eigenvalue weighted by molar-refractivity contribution is 0.229. The van der Waals surface area contributed by atoms with Gasteiger partial charge in [-0.25, -0.2) is 4.98 Å². The normalized spacial score (nSPS) is 25.8. The minimum absolute atomic E-state index is 0.554.